The molecule has 178 valence electrons. The molecule has 2 N–H and O–H groups in total. The smallest absolute Gasteiger partial charge is 0.267 e. The largest absolute Gasteiger partial charge is 0.368 e. The number of piperazine rings is 1. The number of benzene rings is 2. The second-order valence-electron chi connectivity index (χ2n) is 7.33. The predicted molar refractivity (Wildman–Crippen MR) is 125 cm³/mol. The number of rotatable bonds is 4. The van der Waals surface area contributed by atoms with Crippen LogP contribution >= 0.6 is 23.6 Å². The van der Waals surface area contributed by atoms with Gasteiger partial charge in [-0.15, -0.1) is 11.3 Å². The zero-order valence-corrected chi connectivity index (χ0v) is 19.0. The van der Waals surface area contributed by atoms with E-state index < -0.39 is 34.8 Å². The van der Waals surface area contributed by atoms with Gasteiger partial charge in [0.05, 0.1) is 4.88 Å². The van der Waals surface area contributed by atoms with Crippen molar-refractivity contribution in [1.29, 1.82) is 0 Å². The van der Waals surface area contributed by atoms with Crippen LogP contribution in [-0.4, -0.2) is 37.2 Å². The standard InChI is InChI=1S/C22H17F5N4OS2/c23-15-16(24)18(26)20(19(27)17(15)25)31-9-7-30(8-10-31)13-5-3-12(4-6-13)28-22(33)29-21(32)14-2-1-11-34-14/h1-6,11H,7-10H2,(H2,28,29,32,33). The van der Waals surface area contributed by atoms with Gasteiger partial charge >= 0.3 is 0 Å². The number of nitrogens with zero attached hydrogens (tertiary/aromatic N) is 2. The lowest BCUT2D eigenvalue weighted by atomic mass is 10.2. The van der Waals surface area contributed by atoms with Gasteiger partial charge in [0.25, 0.3) is 5.91 Å². The fourth-order valence-electron chi connectivity index (χ4n) is 3.55. The summed E-state index contributed by atoms with van der Waals surface area (Å²) in [6.45, 7) is 0.748. The molecular formula is C22H17F5N4OS2. The van der Waals surface area contributed by atoms with Crippen LogP contribution in [0.15, 0.2) is 41.8 Å². The van der Waals surface area contributed by atoms with Gasteiger partial charge in [0.2, 0.25) is 5.82 Å². The fraction of sp³-hybridized carbons (Fsp3) is 0.182. The summed E-state index contributed by atoms with van der Waals surface area (Å²) >= 11 is 6.45. The van der Waals surface area contributed by atoms with Crippen molar-refractivity contribution in [2.24, 2.45) is 0 Å². The number of anilines is 3. The molecule has 2 aromatic carbocycles. The van der Waals surface area contributed by atoms with Crippen LogP contribution in [0.3, 0.4) is 0 Å². The van der Waals surface area contributed by atoms with Crippen molar-refractivity contribution < 1.29 is 26.7 Å². The van der Waals surface area contributed by atoms with Crippen molar-refractivity contribution in [3.63, 3.8) is 0 Å². The minimum absolute atomic E-state index is 0.0667. The highest BCUT2D eigenvalue weighted by Gasteiger charge is 2.30. The van der Waals surface area contributed by atoms with Crippen LogP contribution in [-0.2, 0) is 0 Å². The highest BCUT2D eigenvalue weighted by atomic mass is 32.1. The van der Waals surface area contributed by atoms with Gasteiger partial charge in [0.15, 0.2) is 28.4 Å². The van der Waals surface area contributed by atoms with Crippen LogP contribution in [0.2, 0.25) is 0 Å². The van der Waals surface area contributed by atoms with Crippen LogP contribution in [0.1, 0.15) is 9.67 Å². The molecule has 0 aliphatic carbocycles. The molecule has 3 aromatic rings. The number of hydrogen-bond donors (Lipinski definition) is 2. The molecule has 1 fully saturated rings. The van der Waals surface area contributed by atoms with Crippen molar-refractivity contribution in [3.8, 4) is 0 Å². The van der Waals surface area contributed by atoms with Crippen molar-refractivity contribution in [2.45, 2.75) is 0 Å². The maximum Gasteiger partial charge on any atom is 0.267 e. The lowest BCUT2D eigenvalue weighted by Crippen LogP contribution is -2.47. The first-order chi connectivity index (χ1) is 16.3. The lowest BCUT2D eigenvalue weighted by molar-refractivity contribution is 0.0981. The first-order valence-corrected chi connectivity index (χ1v) is 11.3. The van der Waals surface area contributed by atoms with Crippen LogP contribution < -0.4 is 20.4 Å². The molecule has 0 spiro atoms. The molecular weight excluding hydrogens is 495 g/mol. The minimum Gasteiger partial charge on any atom is -0.368 e. The molecule has 5 nitrogen and oxygen atoms in total. The Balaban J connectivity index is 1.36. The van der Waals surface area contributed by atoms with E-state index in [2.05, 4.69) is 10.6 Å². The summed E-state index contributed by atoms with van der Waals surface area (Å²) in [6, 6.07) is 10.5. The summed E-state index contributed by atoms with van der Waals surface area (Å²) in [5.74, 6) is -10.1. The summed E-state index contributed by atoms with van der Waals surface area (Å²) in [5, 5.41) is 7.43. The first kappa shape index (κ1) is 23.9. The highest BCUT2D eigenvalue weighted by molar-refractivity contribution is 7.80. The SMILES string of the molecule is O=C(NC(=S)Nc1ccc(N2CCN(c3c(F)c(F)c(F)c(F)c3F)CC2)cc1)c1cccs1. The van der Waals surface area contributed by atoms with Crippen LogP contribution in [0.4, 0.5) is 39.0 Å². The summed E-state index contributed by atoms with van der Waals surface area (Å²) < 4.78 is 68.6. The van der Waals surface area contributed by atoms with Gasteiger partial charge in [-0.2, -0.15) is 0 Å². The van der Waals surface area contributed by atoms with Gasteiger partial charge in [-0.05, 0) is 47.9 Å². The van der Waals surface area contributed by atoms with Gasteiger partial charge in [-0.25, -0.2) is 22.0 Å². The van der Waals surface area contributed by atoms with Crippen LogP contribution in [0.25, 0.3) is 0 Å². The fourth-order valence-corrected chi connectivity index (χ4v) is 4.38. The quantitative estimate of drug-likeness (QED) is 0.226. The number of carbonyl (C=O) groups is 1. The van der Waals surface area contributed by atoms with E-state index in [0.29, 0.717) is 23.7 Å². The second-order valence-corrected chi connectivity index (χ2v) is 8.68. The molecule has 2 heterocycles. The molecule has 0 unspecified atom stereocenters. The molecule has 4 rings (SSSR count). The number of halogens is 5. The van der Waals surface area contributed by atoms with Crippen LogP contribution in [0.5, 0.6) is 0 Å². The lowest BCUT2D eigenvalue weighted by Gasteiger charge is -2.37. The third-order valence-corrected chi connectivity index (χ3v) is 6.32. The number of thiocarbonyl (C=S) groups is 1. The molecule has 0 atom stereocenters. The average Bonchev–Trinajstić information content (AvgIpc) is 3.38. The number of carbonyl (C=O) groups excluding carboxylic acids is 1. The summed E-state index contributed by atoms with van der Waals surface area (Å²) in [4.78, 5) is 15.6. The van der Waals surface area contributed by atoms with E-state index in [4.69, 9.17) is 12.2 Å². The molecule has 1 amide bonds. The molecule has 0 bridgehead atoms. The van der Waals surface area contributed by atoms with E-state index in [-0.39, 0.29) is 24.1 Å². The topological polar surface area (TPSA) is 47.6 Å². The zero-order chi connectivity index (χ0) is 24.4. The summed E-state index contributed by atoms with van der Waals surface area (Å²) in [5.41, 5.74) is 0.533. The monoisotopic (exact) mass is 512 g/mol. The molecule has 0 radical (unpaired) electrons. The van der Waals surface area contributed by atoms with Gasteiger partial charge in [0, 0.05) is 37.6 Å². The van der Waals surface area contributed by atoms with E-state index in [1.165, 1.54) is 11.3 Å². The Morgan fingerprint density at radius 1 is 0.824 bits per heavy atom. The van der Waals surface area contributed by atoms with Gasteiger partial charge in [-0.1, -0.05) is 6.07 Å². The number of amides is 1. The molecule has 1 aromatic heterocycles. The predicted octanol–water partition coefficient (Wildman–Crippen LogP) is 4.90. The Kier molecular flexibility index (Phi) is 6.98. The Morgan fingerprint density at radius 3 is 1.94 bits per heavy atom. The van der Waals surface area contributed by atoms with Gasteiger partial charge in [-0.3, -0.25) is 10.1 Å². The summed E-state index contributed by atoms with van der Waals surface area (Å²) in [6.07, 6.45) is 0. The molecule has 12 heteroatoms. The number of hydrogen-bond acceptors (Lipinski definition) is 5. The molecule has 1 saturated heterocycles. The maximum atomic E-state index is 14.1. The molecule has 1 aliphatic rings. The Morgan fingerprint density at radius 2 is 1.38 bits per heavy atom. The average molecular weight is 513 g/mol. The van der Waals surface area contributed by atoms with E-state index in [9.17, 15) is 26.7 Å². The van der Waals surface area contributed by atoms with E-state index >= 15 is 0 Å². The molecule has 34 heavy (non-hydrogen) atoms. The highest BCUT2D eigenvalue weighted by Crippen LogP contribution is 2.31. The van der Waals surface area contributed by atoms with Crippen molar-refractivity contribution >= 4 is 51.6 Å². The van der Waals surface area contributed by atoms with Gasteiger partial charge in [0.1, 0.15) is 5.69 Å². The molecule has 0 saturated carbocycles. The Bertz CT molecular complexity index is 1180. The number of nitrogens with one attached hydrogen (secondary N) is 2. The van der Waals surface area contributed by atoms with E-state index in [1.54, 1.807) is 41.8 Å². The number of thiophene rings is 1. The first-order valence-electron chi connectivity index (χ1n) is 10.0. The minimum atomic E-state index is -2.17. The normalized spacial score (nSPS) is 13.7. The van der Waals surface area contributed by atoms with Gasteiger partial charge < -0.3 is 15.1 Å². The van der Waals surface area contributed by atoms with E-state index in [1.807, 2.05) is 4.90 Å². The maximum absolute atomic E-state index is 14.1. The molecule has 1 aliphatic heterocycles. The van der Waals surface area contributed by atoms with E-state index in [0.717, 1.165) is 10.6 Å². The van der Waals surface area contributed by atoms with Crippen molar-refractivity contribution in [1.82, 2.24) is 5.32 Å². The van der Waals surface area contributed by atoms with Crippen molar-refractivity contribution in [2.75, 3.05) is 41.3 Å². The third-order valence-electron chi connectivity index (χ3n) is 5.24. The van der Waals surface area contributed by atoms with Crippen molar-refractivity contribution in [3.05, 3.63) is 75.7 Å². The zero-order valence-electron chi connectivity index (χ0n) is 17.4. The Labute approximate surface area is 200 Å². The third kappa shape index (κ3) is 4.82. The Hall–Kier alpha value is -3.25. The second kappa shape index (κ2) is 9.94. The van der Waals surface area contributed by atoms with Crippen LogP contribution in [0, 0.1) is 29.1 Å². The summed E-state index contributed by atoms with van der Waals surface area (Å²) in [7, 11) is 0.